The van der Waals surface area contributed by atoms with Crippen molar-refractivity contribution >= 4 is 0 Å². The van der Waals surface area contributed by atoms with E-state index in [1.807, 2.05) is 0 Å². The number of halogens is 1. The fraction of sp³-hybridized carbons (Fsp3) is 0.667. The van der Waals surface area contributed by atoms with Crippen LogP contribution in [-0.2, 0) is 0 Å². The van der Waals surface area contributed by atoms with Crippen LogP contribution in [0.5, 0.6) is 5.75 Å². The smallest absolute Gasteiger partial charge is 0.123 e. The minimum absolute atomic E-state index is 0.201. The van der Waals surface area contributed by atoms with Gasteiger partial charge in [-0.2, -0.15) is 0 Å². The van der Waals surface area contributed by atoms with Gasteiger partial charge in [0.1, 0.15) is 11.6 Å². The summed E-state index contributed by atoms with van der Waals surface area (Å²) in [5.74, 6) is 4.02. The summed E-state index contributed by atoms with van der Waals surface area (Å²) in [6.45, 7) is 3.04. The van der Waals surface area contributed by atoms with E-state index < -0.39 is 0 Å². The summed E-state index contributed by atoms with van der Waals surface area (Å²) in [5, 5.41) is 0. The molecule has 2 fully saturated rings. The first-order chi connectivity index (χ1) is 12.7. The molecule has 0 amide bonds. The maximum absolute atomic E-state index is 12.9. The molecule has 0 bridgehead atoms. The minimum atomic E-state index is -0.201. The van der Waals surface area contributed by atoms with Gasteiger partial charge in [-0.3, -0.25) is 0 Å². The van der Waals surface area contributed by atoms with E-state index >= 15 is 0 Å². The Morgan fingerprint density at radius 3 is 2.15 bits per heavy atom. The zero-order valence-corrected chi connectivity index (χ0v) is 16.3. The Bertz CT molecular complexity index is 534. The van der Waals surface area contributed by atoms with Gasteiger partial charge < -0.3 is 4.74 Å². The van der Waals surface area contributed by atoms with Gasteiger partial charge in [0, 0.05) is 0 Å². The Hall–Kier alpha value is -1.31. The van der Waals surface area contributed by atoms with Crippen molar-refractivity contribution in [3.63, 3.8) is 0 Å². The van der Waals surface area contributed by atoms with Crippen molar-refractivity contribution < 1.29 is 9.13 Å². The largest absolute Gasteiger partial charge is 0.493 e. The predicted octanol–water partition coefficient (Wildman–Crippen LogP) is 7.17. The predicted molar refractivity (Wildman–Crippen MR) is 107 cm³/mol. The third-order valence-corrected chi connectivity index (χ3v) is 6.54. The van der Waals surface area contributed by atoms with E-state index in [1.54, 1.807) is 12.1 Å². The second-order valence-electron chi connectivity index (χ2n) is 8.44. The van der Waals surface area contributed by atoms with E-state index in [2.05, 4.69) is 19.1 Å². The van der Waals surface area contributed by atoms with Gasteiger partial charge in [0.05, 0.1) is 6.61 Å². The molecule has 0 saturated heterocycles. The number of unbranched alkanes of at least 4 members (excludes halogenated alkanes) is 1. The average molecular weight is 359 g/mol. The molecule has 1 aromatic rings. The lowest BCUT2D eigenvalue weighted by Gasteiger charge is -2.37. The first kappa shape index (κ1) is 19.5. The van der Waals surface area contributed by atoms with Crippen molar-refractivity contribution in [1.82, 2.24) is 0 Å². The molecule has 1 aromatic carbocycles. The Morgan fingerprint density at radius 1 is 0.923 bits per heavy atom. The summed E-state index contributed by atoms with van der Waals surface area (Å²) in [6, 6.07) is 6.41. The quantitative estimate of drug-likeness (QED) is 0.469. The van der Waals surface area contributed by atoms with Gasteiger partial charge in [-0.05, 0) is 106 Å². The first-order valence-electron chi connectivity index (χ1n) is 10.8. The van der Waals surface area contributed by atoms with Gasteiger partial charge in [-0.15, -0.1) is 0 Å². The molecular weight excluding hydrogens is 323 g/mol. The number of allylic oxidation sites excluding steroid dienone is 2. The van der Waals surface area contributed by atoms with Gasteiger partial charge in [-0.25, -0.2) is 4.39 Å². The Morgan fingerprint density at radius 2 is 1.54 bits per heavy atom. The van der Waals surface area contributed by atoms with Crippen LogP contribution in [0.3, 0.4) is 0 Å². The van der Waals surface area contributed by atoms with E-state index in [0.29, 0.717) is 5.92 Å². The van der Waals surface area contributed by atoms with Crippen molar-refractivity contribution in [3.8, 4) is 5.75 Å². The number of rotatable bonds is 7. The first-order valence-corrected chi connectivity index (χ1v) is 10.8. The van der Waals surface area contributed by atoms with Crippen molar-refractivity contribution in [3.05, 3.63) is 42.2 Å². The zero-order chi connectivity index (χ0) is 18.2. The third-order valence-electron chi connectivity index (χ3n) is 6.54. The second kappa shape index (κ2) is 10.1. The van der Waals surface area contributed by atoms with Crippen LogP contribution < -0.4 is 4.74 Å². The highest BCUT2D eigenvalue weighted by atomic mass is 19.1. The normalized spacial score (nSPS) is 29.8. The highest BCUT2D eigenvalue weighted by Gasteiger charge is 2.30. The van der Waals surface area contributed by atoms with Crippen LogP contribution in [0.25, 0.3) is 0 Å². The van der Waals surface area contributed by atoms with E-state index in [4.69, 9.17) is 4.74 Å². The third kappa shape index (κ3) is 5.86. The Kier molecular flexibility index (Phi) is 7.58. The van der Waals surface area contributed by atoms with Gasteiger partial charge >= 0.3 is 0 Å². The van der Waals surface area contributed by atoms with Gasteiger partial charge in [0.2, 0.25) is 0 Å². The maximum Gasteiger partial charge on any atom is 0.123 e. The highest BCUT2D eigenvalue weighted by Crippen LogP contribution is 2.41. The summed E-state index contributed by atoms with van der Waals surface area (Å²) in [5.41, 5.74) is 0. The standard InChI is InChI=1S/C24H35FO/c1-2-3-4-5-19-6-10-21(11-7-19)22-12-8-20(9-13-22)18-26-24-16-14-23(25)15-17-24/h4-5,14-17,19-22H,2-3,6-13,18H2,1H3/b5-4+/t19-,20?,21-,22?. The summed E-state index contributed by atoms with van der Waals surface area (Å²) in [7, 11) is 0. The van der Waals surface area contributed by atoms with Gasteiger partial charge in [-0.1, -0.05) is 25.5 Å². The maximum atomic E-state index is 12.9. The molecule has 2 heteroatoms. The van der Waals surface area contributed by atoms with E-state index in [1.165, 1.54) is 76.3 Å². The van der Waals surface area contributed by atoms with Crippen molar-refractivity contribution in [2.75, 3.05) is 6.61 Å². The lowest BCUT2D eigenvalue weighted by molar-refractivity contribution is 0.129. The van der Waals surface area contributed by atoms with Crippen LogP contribution in [0.1, 0.15) is 71.1 Å². The van der Waals surface area contributed by atoms with Crippen LogP contribution in [0.2, 0.25) is 0 Å². The summed E-state index contributed by atoms with van der Waals surface area (Å²) >= 11 is 0. The lowest BCUT2D eigenvalue weighted by Crippen LogP contribution is -2.27. The van der Waals surface area contributed by atoms with Crippen LogP contribution in [0, 0.1) is 29.5 Å². The molecular formula is C24H35FO. The molecule has 2 saturated carbocycles. The summed E-state index contributed by atoms with van der Waals surface area (Å²) in [4.78, 5) is 0. The monoisotopic (exact) mass is 358 g/mol. The fourth-order valence-electron chi connectivity index (χ4n) is 4.84. The minimum Gasteiger partial charge on any atom is -0.493 e. The summed E-state index contributed by atoms with van der Waals surface area (Å²) < 4.78 is 18.8. The highest BCUT2D eigenvalue weighted by molar-refractivity contribution is 5.22. The van der Waals surface area contributed by atoms with Crippen LogP contribution >= 0.6 is 0 Å². The topological polar surface area (TPSA) is 9.23 Å². The molecule has 144 valence electrons. The van der Waals surface area contributed by atoms with Crippen LogP contribution in [-0.4, -0.2) is 6.61 Å². The molecule has 0 aromatic heterocycles. The molecule has 0 spiro atoms. The van der Waals surface area contributed by atoms with Crippen LogP contribution in [0.15, 0.2) is 36.4 Å². The molecule has 0 unspecified atom stereocenters. The average Bonchev–Trinajstić information content (AvgIpc) is 2.69. The van der Waals surface area contributed by atoms with E-state index in [0.717, 1.165) is 30.1 Å². The molecule has 0 aliphatic heterocycles. The molecule has 0 atom stereocenters. The second-order valence-corrected chi connectivity index (χ2v) is 8.44. The van der Waals surface area contributed by atoms with Gasteiger partial charge in [0.15, 0.2) is 0 Å². The number of hydrogen-bond acceptors (Lipinski definition) is 1. The van der Waals surface area contributed by atoms with Crippen molar-refractivity contribution in [1.29, 1.82) is 0 Å². The number of ether oxygens (including phenoxy) is 1. The van der Waals surface area contributed by atoms with Crippen molar-refractivity contribution in [2.24, 2.45) is 23.7 Å². The molecule has 26 heavy (non-hydrogen) atoms. The zero-order valence-electron chi connectivity index (χ0n) is 16.3. The SMILES string of the molecule is CCC/C=C/[C@H]1CC[C@H](C2CCC(COc3ccc(F)cc3)CC2)CC1. The Balaban J connectivity index is 1.34. The van der Waals surface area contributed by atoms with Gasteiger partial charge in [0.25, 0.3) is 0 Å². The van der Waals surface area contributed by atoms with Crippen molar-refractivity contribution in [2.45, 2.75) is 71.1 Å². The lowest BCUT2D eigenvalue weighted by atomic mass is 9.69. The van der Waals surface area contributed by atoms with E-state index in [9.17, 15) is 4.39 Å². The molecule has 0 radical (unpaired) electrons. The molecule has 1 nitrogen and oxygen atoms in total. The molecule has 2 aliphatic carbocycles. The molecule has 0 heterocycles. The molecule has 3 rings (SSSR count). The number of hydrogen-bond donors (Lipinski definition) is 0. The Labute approximate surface area is 159 Å². The molecule has 0 N–H and O–H groups in total. The van der Waals surface area contributed by atoms with E-state index in [-0.39, 0.29) is 5.82 Å². The number of benzene rings is 1. The summed E-state index contributed by atoms with van der Waals surface area (Å²) in [6.07, 6.45) is 18.4. The fourth-order valence-corrected chi connectivity index (χ4v) is 4.84. The van der Waals surface area contributed by atoms with Crippen LogP contribution in [0.4, 0.5) is 4.39 Å². The molecule has 2 aliphatic rings.